The van der Waals surface area contributed by atoms with Gasteiger partial charge in [-0.1, -0.05) is 24.3 Å². The summed E-state index contributed by atoms with van der Waals surface area (Å²) >= 11 is 0. The third-order valence-corrected chi connectivity index (χ3v) is 1.34. The van der Waals surface area contributed by atoms with Crippen LogP contribution in [-0.4, -0.2) is 6.54 Å². The molecule has 0 bridgehead atoms. The van der Waals surface area contributed by atoms with Crippen molar-refractivity contribution < 1.29 is 2.74 Å². The smallest absolute Gasteiger partial charge is 0.0316 e. The summed E-state index contributed by atoms with van der Waals surface area (Å²) in [6.07, 6.45) is 6.61. The van der Waals surface area contributed by atoms with E-state index in [1.165, 1.54) is 0 Å². The molecule has 0 heterocycles. The molecule has 0 saturated heterocycles. The van der Waals surface area contributed by atoms with Gasteiger partial charge in [-0.25, -0.2) is 0 Å². The van der Waals surface area contributed by atoms with Crippen LogP contribution in [0.5, 0.6) is 0 Å². The van der Waals surface area contributed by atoms with Crippen molar-refractivity contribution in [1.82, 2.24) is 0 Å². The van der Waals surface area contributed by atoms with Gasteiger partial charge in [0.05, 0.1) is 0 Å². The van der Waals surface area contributed by atoms with Gasteiger partial charge in [-0.15, -0.1) is 0 Å². The Labute approximate surface area is 59.1 Å². The van der Waals surface area contributed by atoms with Crippen molar-refractivity contribution in [3.05, 3.63) is 24.3 Å². The monoisotopic (exact) mass is 125 g/mol. The van der Waals surface area contributed by atoms with E-state index in [-0.39, 0.29) is 5.92 Å². The van der Waals surface area contributed by atoms with Crippen molar-refractivity contribution in [3.63, 3.8) is 0 Å². The molecule has 2 N–H and O–H groups in total. The SMILES string of the molecule is [2H]C1([2H])C=CC=CC1CCN. The molecule has 1 atom stereocenters. The zero-order chi connectivity index (χ0) is 8.32. The van der Waals surface area contributed by atoms with Gasteiger partial charge in [0.25, 0.3) is 0 Å². The molecule has 1 heteroatoms. The standard InChI is InChI=1S/C8H13N/c9-7-6-8-4-2-1-3-5-8/h1-4,8H,5-7,9H2/i5D2. The molecule has 0 aromatic heterocycles. The van der Waals surface area contributed by atoms with Crippen LogP contribution in [0.2, 0.25) is 0 Å². The van der Waals surface area contributed by atoms with Crippen LogP contribution in [0.3, 0.4) is 0 Å². The molecule has 0 fully saturated rings. The van der Waals surface area contributed by atoms with E-state index < -0.39 is 6.37 Å². The van der Waals surface area contributed by atoms with Gasteiger partial charge in [0, 0.05) is 2.74 Å². The van der Waals surface area contributed by atoms with Gasteiger partial charge < -0.3 is 5.73 Å². The largest absolute Gasteiger partial charge is 0.330 e. The van der Waals surface area contributed by atoms with Crippen molar-refractivity contribution in [3.8, 4) is 0 Å². The highest BCUT2D eigenvalue weighted by Crippen LogP contribution is 2.13. The molecule has 1 aliphatic rings. The Hall–Kier alpha value is -0.560. The minimum Gasteiger partial charge on any atom is -0.330 e. The predicted molar refractivity (Wildman–Crippen MR) is 40.1 cm³/mol. The Morgan fingerprint density at radius 2 is 2.56 bits per heavy atom. The fraction of sp³-hybridized carbons (Fsp3) is 0.500. The molecule has 1 rings (SSSR count). The van der Waals surface area contributed by atoms with Crippen LogP contribution in [0.25, 0.3) is 0 Å². The van der Waals surface area contributed by atoms with Crippen molar-refractivity contribution in [2.45, 2.75) is 12.8 Å². The third-order valence-electron chi connectivity index (χ3n) is 1.34. The van der Waals surface area contributed by atoms with E-state index >= 15 is 0 Å². The van der Waals surface area contributed by atoms with Gasteiger partial charge >= 0.3 is 0 Å². The lowest BCUT2D eigenvalue weighted by molar-refractivity contribution is 0.604. The summed E-state index contributed by atoms with van der Waals surface area (Å²) in [5, 5.41) is 0. The Bertz CT molecular complexity index is 185. The number of allylic oxidation sites excluding steroid dienone is 4. The van der Waals surface area contributed by atoms with Gasteiger partial charge in [-0.05, 0) is 25.3 Å². The highest BCUT2D eigenvalue weighted by atomic mass is 14.5. The minimum absolute atomic E-state index is 0.0440. The van der Waals surface area contributed by atoms with Crippen LogP contribution in [0.15, 0.2) is 24.3 Å². The van der Waals surface area contributed by atoms with Gasteiger partial charge in [0.2, 0.25) is 0 Å². The van der Waals surface area contributed by atoms with E-state index in [2.05, 4.69) is 0 Å². The Kier molecular flexibility index (Phi) is 1.65. The molecule has 0 amide bonds. The van der Waals surface area contributed by atoms with E-state index in [4.69, 9.17) is 8.48 Å². The summed E-state index contributed by atoms with van der Waals surface area (Å²) < 4.78 is 15.1. The zero-order valence-corrected chi connectivity index (χ0v) is 5.38. The van der Waals surface area contributed by atoms with Crippen LogP contribution in [0, 0.1) is 5.92 Å². The number of rotatable bonds is 2. The molecular formula is C8H13N. The van der Waals surface area contributed by atoms with Crippen LogP contribution < -0.4 is 5.73 Å². The van der Waals surface area contributed by atoms with Crippen molar-refractivity contribution in [2.24, 2.45) is 11.7 Å². The lowest BCUT2D eigenvalue weighted by Gasteiger charge is -2.09. The second-order valence-electron chi connectivity index (χ2n) is 2.09. The predicted octanol–water partition coefficient (Wildman–Crippen LogP) is 1.47. The Morgan fingerprint density at radius 1 is 1.67 bits per heavy atom. The first-order valence-corrected chi connectivity index (χ1v) is 3.23. The molecule has 9 heavy (non-hydrogen) atoms. The van der Waals surface area contributed by atoms with Gasteiger partial charge in [0.1, 0.15) is 0 Å². The van der Waals surface area contributed by atoms with E-state index in [1.807, 2.05) is 12.2 Å². The molecule has 0 aliphatic heterocycles. The minimum atomic E-state index is -1.20. The second-order valence-corrected chi connectivity index (χ2v) is 2.09. The van der Waals surface area contributed by atoms with Gasteiger partial charge in [-0.3, -0.25) is 0 Å². The molecular weight excluding hydrogens is 110 g/mol. The highest BCUT2D eigenvalue weighted by Gasteiger charge is 2.01. The summed E-state index contributed by atoms with van der Waals surface area (Å²) in [5.74, 6) is -0.0440. The molecule has 1 aliphatic carbocycles. The highest BCUT2D eigenvalue weighted by molar-refractivity contribution is 5.10. The molecule has 1 unspecified atom stereocenters. The van der Waals surface area contributed by atoms with Crippen molar-refractivity contribution in [2.75, 3.05) is 6.54 Å². The first-order valence-electron chi connectivity index (χ1n) is 4.23. The molecule has 0 radical (unpaired) electrons. The first-order chi connectivity index (χ1) is 5.17. The van der Waals surface area contributed by atoms with Gasteiger partial charge in [0.15, 0.2) is 0 Å². The normalized spacial score (nSPS) is 33.7. The summed E-state index contributed by atoms with van der Waals surface area (Å²) in [6.45, 7) is 0.544. The quantitative estimate of drug-likeness (QED) is 0.594. The third kappa shape index (κ3) is 2.02. The number of hydrogen-bond donors (Lipinski definition) is 1. The zero-order valence-electron chi connectivity index (χ0n) is 7.38. The molecule has 0 aromatic rings. The lowest BCUT2D eigenvalue weighted by atomic mass is 9.98. The topological polar surface area (TPSA) is 26.0 Å². The van der Waals surface area contributed by atoms with Crippen LogP contribution >= 0.6 is 0 Å². The lowest BCUT2D eigenvalue weighted by Crippen LogP contribution is -2.06. The first kappa shape index (κ1) is 4.29. The number of hydrogen-bond acceptors (Lipinski definition) is 1. The maximum absolute atomic E-state index is 7.56. The van der Waals surface area contributed by atoms with E-state index in [0.29, 0.717) is 13.0 Å². The molecule has 0 aromatic carbocycles. The fourth-order valence-electron chi connectivity index (χ4n) is 0.848. The summed E-state index contributed by atoms with van der Waals surface area (Å²) in [7, 11) is 0. The Morgan fingerprint density at radius 3 is 3.22 bits per heavy atom. The van der Waals surface area contributed by atoms with E-state index in [0.717, 1.165) is 0 Å². The number of nitrogens with two attached hydrogens (primary N) is 1. The van der Waals surface area contributed by atoms with Crippen molar-refractivity contribution in [1.29, 1.82) is 0 Å². The maximum Gasteiger partial charge on any atom is 0.0316 e. The maximum atomic E-state index is 7.56. The average molecular weight is 125 g/mol. The molecule has 1 nitrogen and oxygen atoms in total. The summed E-state index contributed by atoms with van der Waals surface area (Å²) in [5.41, 5.74) is 5.36. The Balaban J connectivity index is 2.64. The second kappa shape index (κ2) is 3.46. The van der Waals surface area contributed by atoms with E-state index in [1.54, 1.807) is 12.2 Å². The molecule has 50 valence electrons. The fourth-order valence-corrected chi connectivity index (χ4v) is 0.848. The summed E-state index contributed by atoms with van der Waals surface area (Å²) in [4.78, 5) is 0. The van der Waals surface area contributed by atoms with Crippen LogP contribution in [-0.2, 0) is 0 Å². The van der Waals surface area contributed by atoms with Crippen LogP contribution in [0.1, 0.15) is 15.5 Å². The molecule has 0 saturated carbocycles. The van der Waals surface area contributed by atoms with Crippen molar-refractivity contribution >= 4 is 0 Å². The van der Waals surface area contributed by atoms with E-state index in [9.17, 15) is 0 Å². The van der Waals surface area contributed by atoms with Gasteiger partial charge in [-0.2, -0.15) is 0 Å². The summed E-state index contributed by atoms with van der Waals surface area (Å²) in [6, 6.07) is 0. The van der Waals surface area contributed by atoms with Crippen LogP contribution in [0.4, 0.5) is 0 Å². The molecule has 0 spiro atoms. The average Bonchev–Trinajstić information content (AvgIpc) is 1.94.